The molecule has 2 aliphatic heterocycles. The van der Waals surface area contributed by atoms with E-state index in [-0.39, 0.29) is 10.5 Å². The Kier molecular flexibility index (Phi) is 6.48. The molecule has 2 heterocycles. The Morgan fingerprint density at radius 2 is 1.53 bits per heavy atom. The lowest BCUT2D eigenvalue weighted by molar-refractivity contribution is 0.0996. The van der Waals surface area contributed by atoms with Crippen molar-refractivity contribution in [2.24, 2.45) is 5.73 Å². The maximum absolute atomic E-state index is 13.1. The molecule has 0 saturated carbocycles. The topological polar surface area (TPSA) is 113 Å². The highest BCUT2D eigenvalue weighted by atomic mass is 32.2. The van der Waals surface area contributed by atoms with Gasteiger partial charge in [-0.15, -0.1) is 0 Å². The smallest absolute Gasteiger partial charge is 0.255 e. The number of amides is 2. The molecule has 2 amide bonds. The fourth-order valence-electron chi connectivity index (χ4n) is 4.27. The highest BCUT2D eigenvalue weighted by molar-refractivity contribution is 7.89. The summed E-state index contributed by atoms with van der Waals surface area (Å²) < 4.78 is 27.5. The van der Waals surface area contributed by atoms with Crippen LogP contribution in [0.1, 0.15) is 52.8 Å². The summed E-state index contributed by atoms with van der Waals surface area (Å²) in [4.78, 5) is 27.0. The molecule has 0 unspecified atom stereocenters. The van der Waals surface area contributed by atoms with Gasteiger partial charge in [0.2, 0.25) is 15.9 Å². The predicted octanol–water partition coefficient (Wildman–Crippen LogP) is 2.81. The number of hydrogen-bond acceptors (Lipinski definition) is 5. The van der Waals surface area contributed by atoms with E-state index in [1.807, 2.05) is 0 Å². The molecule has 2 saturated heterocycles. The van der Waals surface area contributed by atoms with E-state index in [1.54, 1.807) is 30.3 Å². The van der Waals surface area contributed by atoms with Gasteiger partial charge in [-0.25, -0.2) is 8.42 Å². The molecule has 2 aliphatic rings. The van der Waals surface area contributed by atoms with Crippen LogP contribution < -0.4 is 16.0 Å². The number of benzene rings is 2. The van der Waals surface area contributed by atoms with E-state index in [0.29, 0.717) is 24.3 Å². The SMILES string of the molecule is NC(=O)c1ccc(N2CCCC2)c(NC(=O)c2cccc(S(=O)(=O)N3CCCCC3)c2)c1. The van der Waals surface area contributed by atoms with E-state index in [4.69, 9.17) is 5.73 Å². The van der Waals surface area contributed by atoms with Gasteiger partial charge in [0.25, 0.3) is 5.91 Å². The van der Waals surface area contributed by atoms with Crippen molar-refractivity contribution in [3.8, 4) is 0 Å². The molecule has 9 heteroatoms. The number of rotatable bonds is 6. The normalized spacial score (nSPS) is 17.3. The van der Waals surface area contributed by atoms with Crippen LogP contribution in [-0.2, 0) is 10.0 Å². The zero-order valence-corrected chi connectivity index (χ0v) is 18.7. The summed E-state index contributed by atoms with van der Waals surface area (Å²) in [5, 5.41) is 2.86. The number of carbonyl (C=O) groups excluding carboxylic acids is 2. The van der Waals surface area contributed by atoms with Crippen molar-refractivity contribution in [2.45, 2.75) is 37.0 Å². The second-order valence-corrected chi connectivity index (χ2v) is 10.2. The van der Waals surface area contributed by atoms with Crippen LogP contribution in [0.15, 0.2) is 47.4 Å². The third-order valence-corrected chi connectivity index (χ3v) is 7.92. The van der Waals surface area contributed by atoms with Crippen molar-refractivity contribution in [2.75, 3.05) is 36.4 Å². The van der Waals surface area contributed by atoms with E-state index in [1.165, 1.54) is 16.4 Å². The zero-order valence-electron chi connectivity index (χ0n) is 17.9. The molecular weight excluding hydrogens is 428 g/mol. The first kappa shape index (κ1) is 22.3. The van der Waals surface area contributed by atoms with Crippen LogP contribution in [-0.4, -0.2) is 50.7 Å². The van der Waals surface area contributed by atoms with Crippen molar-refractivity contribution in [3.63, 3.8) is 0 Å². The van der Waals surface area contributed by atoms with E-state index >= 15 is 0 Å². The molecule has 0 spiro atoms. The van der Waals surface area contributed by atoms with Crippen molar-refractivity contribution in [3.05, 3.63) is 53.6 Å². The Balaban J connectivity index is 1.61. The molecule has 0 atom stereocenters. The average Bonchev–Trinajstić information content (AvgIpc) is 3.34. The second-order valence-electron chi connectivity index (χ2n) is 8.24. The number of primary amides is 1. The fraction of sp³-hybridized carbons (Fsp3) is 0.391. The number of piperidine rings is 1. The molecule has 4 rings (SSSR count). The number of hydrogen-bond donors (Lipinski definition) is 2. The fourth-order valence-corrected chi connectivity index (χ4v) is 5.83. The van der Waals surface area contributed by atoms with Crippen LogP contribution in [0.4, 0.5) is 11.4 Å². The van der Waals surface area contributed by atoms with E-state index < -0.39 is 21.8 Å². The highest BCUT2D eigenvalue weighted by Crippen LogP contribution is 2.31. The lowest BCUT2D eigenvalue weighted by atomic mass is 10.1. The molecule has 0 aromatic heterocycles. The molecule has 0 aliphatic carbocycles. The quantitative estimate of drug-likeness (QED) is 0.694. The number of sulfonamides is 1. The predicted molar refractivity (Wildman–Crippen MR) is 123 cm³/mol. The minimum absolute atomic E-state index is 0.109. The van der Waals surface area contributed by atoms with Gasteiger partial charge in [0, 0.05) is 37.3 Å². The van der Waals surface area contributed by atoms with E-state index in [2.05, 4.69) is 10.2 Å². The Morgan fingerprint density at radius 1 is 0.844 bits per heavy atom. The Morgan fingerprint density at radius 3 is 2.22 bits per heavy atom. The lowest BCUT2D eigenvalue weighted by Gasteiger charge is -2.26. The minimum Gasteiger partial charge on any atom is -0.370 e. The number of nitrogens with two attached hydrogens (primary N) is 1. The van der Waals surface area contributed by atoms with Gasteiger partial charge in [-0.1, -0.05) is 12.5 Å². The Labute approximate surface area is 188 Å². The first-order valence-electron chi connectivity index (χ1n) is 11.0. The minimum atomic E-state index is -3.65. The maximum atomic E-state index is 13.1. The molecule has 0 radical (unpaired) electrons. The number of anilines is 2. The van der Waals surface area contributed by atoms with Crippen LogP contribution in [0.3, 0.4) is 0 Å². The summed E-state index contributed by atoms with van der Waals surface area (Å²) in [7, 11) is -3.65. The molecule has 8 nitrogen and oxygen atoms in total. The van der Waals surface area contributed by atoms with Crippen LogP contribution in [0.2, 0.25) is 0 Å². The lowest BCUT2D eigenvalue weighted by Crippen LogP contribution is -2.35. The monoisotopic (exact) mass is 456 g/mol. The molecule has 2 aromatic rings. The summed E-state index contributed by atoms with van der Waals surface area (Å²) in [5.74, 6) is -1.02. The molecular formula is C23H28N4O4S. The zero-order chi connectivity index (χ0) is 22.7. The Bertz CT molecular complexity index is 1120. The van der Waals surface area contributed by atoms with Gasteiger partial charge in [-0.05, 0) is 62.1 Å². The van der Waals surface area contributed by atoms with Gasteiger partial charge in [-0.2, -0.15) is 4.31 Å². The molecule has 3 N–H and O–H groups in total. The second kappa shape index (κ2) is 9.30. The molecule has 2 aromatic carbocycles. The number of nitrogens with zero attached hydrogens (tertiary/aromatic N) is 2. The number of carbonyl (C=O) groups is 2. The van der Waals surface area contributed by atoms with Crippen LogP contribution >= 0.6 is 0 Å². The van der Waals surface area contributed by atoms with Gasteiger partial charge < -0.3 is 16.0 Å². The van der Waals surface area contributed by atoms with Crippen LogP contribution in [0.5, 0.6) is 0 Å². The molecule has 2 fully saturated rings. The van der Waals surface area contributed by atoms with Gasteiger partial charge in [0.1, 0.15) is 0 Å². The van der Waals surface area contributed by atoms with Gasteiger partial charge in [0.15, 0.2) is 0 Å². The Hall–Kier alpha value is -2.91. The highest BCUT2D eigenvalue weighted by Gasteiger charge is 2.27. The summed E-state index contributed by atoms with van der Waals surface area (Å²) in [6, 6.07) is 11.1. The van der Waals surface area contributed by atoms with Crippen LogP contribution in [0.25, 0.3) is 0 Å². The van der Waals surface area contributed by atoms with Gasteiger partial charge in [0.05, 0.1) is 16.3 Å². The average molecular weight is 457 g/mol. The summed E-state index contributed by atoms with van der Waals surface area (Å²) in [6.45, 7) is 2.72. The summed E-state index contributed by atoms with van der Waals surface area (Å²) in [5.41, 5.74) is 7.26. The van der Waals surface area contributed by atoms with Crippen molar-refractivity contribution in [1.82, 2.24) is 4.31 Å². The van der Waals surface area contributed by atoms with E-state index in [9.17, 15) is 18.0 Å². The molecule has 0 bridgehead atoms. The van der Waals surface area contributed by atoms with E-state index in [0.717, 1.165) is 50.9 Å². The van der Waals surface area contributed by atoms with Crippen molar-refractivity contribution in [1.29, 1.82) is 0 Å². The largest absolute Gasteiger partial charge is 0.370 e. The number of nitrogens with one attached hydrogen (secondary N) is 1. The maximum Gasteiger partial charge on any atom is 0.255 e. The first-order valence-corrected chi connectivity index (χ1v) is 12.4. The summed E-state index contributed by atoms with van der Waals surface area (Å²) >= 11 is 0. The standard InChI is InChI=1S/C23H28N4O4S/c24-22(28)17-9-10-21(26-11-4-5-12-26)20(16-17)25-23(29)18-7-6-8-19(15-18)32(30,31)27-13-2-1-3-14-27/h6-10,15-16H,1-5,11-14H2,(H2,24,28)(H,25,29). The molecule has 32 heavy (non-hydrogen) atoms. The first-order chi connectivity index (χ1) is 15.4. The molecule has 170 valence electrons. The van der Waals surface area contributed by atoms with Crippen molar-refractivity contribution >= 4 is 33.2 Å². The third-order valence-electron chi connectivity index (χ3n) is 6.03. The van der Waals surface area contributed by atoms with Gasteiger partial charge in [-0.3, -0.25) is 9.59 Å². The summed E-state index contributed by atoms with van der Waals surface area (Å²) in [6.07, 6.45) is 4.82. The van der Waals surface area contributed by atoms with Gasteiger partial charge >= 0.3 is 0 Å². The third kappa shape index (κ3) is 4.63. The van der Waals surface area contributed by atoms with Crippen LogP contribution in [0, 0.1) is 0 Å². The van der Waals surface area contributed by atoms with Crippen molar-refractivity contribution < 1.29 is 18.0 Å².